The number of fused-ring (bicyclic) bond motifs is 1. The minimum absolute atomic E-state index is 0.223. The standard InChI is InChI=1S/C13H16FN3O/c1-8-6-10(4-5-18-8)17-12-3-2-9(14)7-11(12)16-13(17)15/h2-3,7-8,10H,4-6H2,1H3,(H2,15,16). The van der Waals surface area contributed by atoms with Crippen molar-refractivity contribution < 1.29 is 9.13 Å². The first kappa shape index (κ1) is 11.5. The minimum atomic E-state index is -0.285. The van der Waals surface area contributed by atoms with Crippen molar-refractivity contribution in [3.8, 4) is 0 Å². The number of ether oxygens (including phenoxy) is 1. The summed E-state index contributed by atoms with van der Waals surface area (Å²) >= 11 is 0. The van der Waals surface area contributed by atoms with Crippen LogP contribution < -0.4 is 5.73 Å². The van der Waals surface area contributed by atoms with Crippen LogP contribution >= 0.6 is 0 Å². The zero-order chi connectivity index (χ0) is 12.7. The molecule has 0 aliphatic carbocycles. The monoisotopic (exact) mass is 249 g/mol. The largest absolute Gasteiger partial charge is 0.378 e. The van der Waals surface area contributed by atoms with Gasteiger partial charge in [0.15, 0.2) is 0 Å². The molecule has 96 valence electrons. The quantitative estimate of drug-likeness (QED) is 0.844. The predicted molar refractivity (Wildman–Crippen MR) is 67.8 cm³/mol. The van der Waals surface area contributed by atoms with E-state index in [4.69, 9.17) is 10.5 Å². The molecule has 2 heterocycles. The van der Waals surface area contributed by atoms with E-state index < -0.39 is 0 Å². The van der Waals surface area contributed by atoms with Crippen LogP contribution in [-0.4, -0.2) is 22.3 Å². The average Bonchev–Trinajstić information content (AvgIpc) is 2.64. The third-order valence-electron chi connectivity index (χ3n) is 3.50. The Labute approximate surface area is 105 Å². The fraction of sp³-hybridized carbons (Fsp3) is 0.462. The lowest BCUT2D eigenvalue weighted by Gasteiger charge is -2.29. The molecular weight excluding hydrogens is 233 g/mol. The molecule has 0 spiro atoms. The lowest BCUT2D eigenvalue weighted by molar-refractivity contribution is 0.00713. The van der Waals surface area contributed by atoms with E-state index in [1.54, 1.807) is 6.07 Å². The highest BCUT2D eigenvalue weighted by Crippen LogP contribution is 2.31. The highest BCUT2D eigenvalue weighted by molar-refractivity contribution is 5.78. The normalized spacial score (nSPS) is 24.6. The van der Waals surface area contributed by atoms with Crippen LogP contribution in [0.2, 0.25) is 0 Å². The van der Waals surface area contributed by atoms with Crippen molar-refractivity contribution in [1.82, 2.24) is 9.55 Å². The second kappa shape index (κ2) is 4.24. The molecule has 2 aromatic rings. The number of anilines is 1. The lowest BCUT2D eigenvalue weighted by atomic mass is 10.0. The van der Waals surface area contributed by atoms with Crippen molar-refractivity contribution in [2.24, 2.45) is 0 Å². The van der Waals surface area contributed by atoms with E-state index in [0.717, 1.165) is 25.0 Å². The first-order valence-corrected chi connectivity index (χ1v) is 6.19. The van der Waals surface area contributed by atoms with Gasteiger partial charge in [-0.3, -0.25) is 0 Å². The predicted octanol–water partition coefficient (Wildman–Crippen LogP) is 2.50. The highest BCUT2D eigenvalue weighted by atomic mass is 19.1. The molecule has 4 nitrogen and oxygen atoms in total. The summed E-state index contributed by atoms with van der Waals surface area (Å²) in [7, 11) is 0. The number of aromatic nitrogens is 2. The number of rotatable bonds is 1. The van der Waals surface area contributed by atoms with E-state index in [2.05, 4.69) is 11.9 Å². The third-order valence-corrected chi connectivity index (χ3v) is 3.50. The number of benzene rings is 1. The number of imidazole rings is 1. The molecule has 5 heteroatoms. The Morgan fingerprint density at radius 1 is 1.50 bits per heavy atom. The second-order valence-corrected chi connectivity index (χ2v) is 4.83. The van der Waals surface area contributed by atoms with Gasteiger partial charge in [-0.05, 0) is 31.9 Å². The Balaban J connectivity index is 2.07. The van der Waals surface area contributed by atoms with Crippen LogP contribution in [0, 0.1) is 5.82 Å². The van der Waals surface area contributed by atoms with Crippen molar-refractivity contribution in [3.63, 3.8) is 0 Å². The topological polar surface area (TPSA) is 53.1 Å². The summed E-state index contributed by atoms with van der Waals surface area (Å²) in [6, 6.07) is 4.89. The summed E-state index contributed by atoms with van der Waals surface area (Å²) in [4.78, 5) is 4.23. The summed E-state index contributed by atoms with van der Waals surface area (Å²) < 4.78 is 20.7. The van der Waals surface area contributed by atoms with Gasteiger partial charge in [0, 0.05) is 18.7 Å². The Morgan fingerprint density at radius 3 is 3.11 bits per heavy atom. The van der Waals surface area contributed by atoms with Crippen LogP contribution in [0.3, 0.4) is 0 Å². The molecule has 0 bridgehead atoms. The number of nitrogens with zero attached hydrogens (tertiary/aromatic N) is 2. The van der Waals surface area contributed by atoms with Gasteiger partial charge in [0.05, 0.1) is 17.1 Å². The van der Waals surface area contributed by atoms with Crippen molar-refractivity contribution in [1.29, 1.82) is 0 Å². The van der Waals surface area contributed by atoms with Gasteiger partial charge in [0.1, 0.15) is 5.82 Å². The molecule has 2 unspecified atom stereocenters. The average molecular weight is 249 g/mol. The molecule has 0 saturated carbocycles. The van der Waals surface area contributed by atoms with Gasteiger partial charge in [-0.15, -0.1) is 0 Å². The fourth-order valence-electron chi connectivity index (χ4n) is 2.68. The molecule has 1 aromatic heterocycles. The van der Waals surface area contributed by atoms with Crippen LogP contribution in [0.15, 0.2) is 18.2 Å². The lowest BCUT2D eigenvalue weighted by Crippen LogP contribution is -2.26. The smallest absolute Gasteiger partial charge is 0.201 e. The Kier molecular flexibility index (Phi) is 2.70. The summed E-state index contributed by atoms with van der Waals surface area (Å²) in [6.07, 6.45) is 2.05. The van der Waals surface area contributed by atoms with Crippen LogP contribution in [0.25, 0.3) is 11.0 Å². The molecule has 3 rings (SSSR count). The van der Waals surface area contributed by atoms with Crippen LogP contribution in [0.5, 0.6) is 0 Å². The number of hydrogen-bond donors (Lipinski definition) is 1. The van der Waals surface area contributed by atoms with Crippen molar-refractivity contribution in [2.45, 2.75) is 31.9 Å². The summed E-state index contributed by atoms with van der Waals surface area (Å²) in [5.41, 5.74) is 7.48. The van der Waals surface area contributed by atoms with E-state index in [-0.39, 0.29) is 18.0 Å². The SMILES string of the molecule is CC1CC(n2c(N)nc3cc(F)ccc32)CCO1. The Bertz CT molecular complexity index is 581. The number of halogens is 1. The number of nitrogen functional groups attached to an aromatic ring is 1. The van der Waals surface area contributed by atoms with Gasteiger partial charge in [-0.25, -0.2) is 9.37 Å². The maximum Gasteiger partial charge on any atom is 0.201 e. The highest BCUT2D eigenvalue weighted by Gasteiger charge is 2.24. The molecule has 1 aromatic carbocycles. The van der Waals surface area contributed by atoms with Gasteiger partial charge in [0.25, 0.3) is 0 Å². The molecule has 0 radical (unpaired) electrons. The van der Waals surface area contributed by atoms with E-state index >= 15 is 0 Å². The van der Waals surface area contributed by atoms with Gasteiger partial charge < -0.3 is 15.0 Å². The summed E-state index contributed by atoms with van der Waals surface area (Å²) in [5.74, 6) is 0.169. The minimum Gasteiger partial charge on any atom is -0.378 e. The van der Waals surface area contributed by atoms with Crippen LogP contribution in [0.4, 0.5) is 10.3 Å². The zero-order valence-electron chi connectivity index (χ0n) is 10.3. The first-order valence-electron chi connectivity index (χ1n) is 6.19. The van der Waals surface area contributed by atoms with E-state index in [9.17, 15) is 4.39 Å². The maximum atomic E-state index is 13.2. The number of hydrogen-bond acceptors (Lipinski definition) is 3. The van der Waals surface area contributed by atoms with Crippen LogP contribution in [-0.2, 0) is 4.74 Å². The molecule has 1 saturated heterocycles. The molecule has 2 N–H and O–H groups in total. The van der Waals surface area contributed by atoms with Gasteiger partial charge >= 0.3 is 0 Å². The fourth-order valence-corrected chi connectivity index (χ4v) is 2.68. The molecule has 0 amide bonds. The maximum absolute atomic E-state index is 13.2. The molecule has 1 aliphatic heterocycles. The molecule has 2 atom stereocenters. The zero-order valence-corrected chi connectivity index (χ0v) is 10.3. The van der Waals surface area contributed by atoms with E-state index in [0.29, 0.717) is 11.5 Å². The summed E-state index contributed by atoms with van der Waals surface area (Å²) in [5, 5.41) is 0. The van der Waals surface area contributed by atoms with Crippen LogP contribution in [0.1, 0.15) is 25.8 Å². The molecular formula is C13H16FN3O. The van der Waals surface area contributed by atoms with Gasteiger partial charge in [-0.1, -0.05) is 0 Å². The first-order chi connectivity index (χ1) is 8.65. The van der Waals surface area contributed by atoms with Gasteiger partial charge in [0.2, 0.25) is 5.95 Å². The van der Waals surface area contributed by atoms with E-state index in [1.165, 1.54) is 12.1 Å². The summed E-state index contributed by atoms with van der Waals surface area (Å²) in [6.45, 7) is 2.78. The van der Waals surface area contributed by atoms with Gasteiger partial charge in [-0.2, -0.15) is 0 Å². The van der Waals surface area contributed by atoms with E-state index in [1.807, 2.05) is 4.57 Å². The second-order valence-electron chi connectivity index (χ2n) is 4.83. The molecule has 1 aliphatic rings. The van der Waals surface area contributed by atoms with Crippen molar-refractivity contribution >= 4 is 17.0 Å². The molecule has 1 fully saturated rings. The Hall–Kier alpha value is -1.62. The van der Waals surface area contributed by atoms with Crippen molar-refractivity contribution in [2.75, 3.05) is 12.3 Å². The third kappa shape index (κ3) is 1.84. The molecule has 18 heavy (non-hydrogen) atoms. The Morgan fingerprint density at radius 2 is 2.33 bits per heavy atom. The van der Waals surface area contributed by atoms with Crippen molar-refractivity contribution in [3.05, 3.63) is 24.0 Å². The number of nitrogens with two attached hydrogens (primary N) is 1.